The van der Waals surface area contributed by atoms with E-state index >= 15 is 0 Å². The average Bonchev–Trinajstić information content (AvgIpc) is 2.43. The molecule has 2 rings (SSSR count). The summed E-state index contributed by atoms with van der Waals surface area (Å²) in [5, 5.41) is 3.54. The van der Waals surface area contributed by atoms with Crippen LogP contribution in [-0.2, 0) is 6.42 Å². The summed E-state index contributed by atoms with van der Waals surface area (Å²) in [6.45, 7) is 3.08. The number of halogens is 2. The fourth-order valence-electron chi connectivity index (χ4n) is 2.86. The van der Waals surface area contributed by atoms with Crippen molar-refractivity contribution in [1.29, 1.82) is 0 Å². The SMILES string of the molecule is CCNC(Cc1ccc(Br)cc1F)CC1CCSCC1. The summed E-state index contributed by atoms with van der Waals surface area (Å²) in [5.41, 5.74) is 0.823. The summed E-state index contributed by atoms with van der Waals surface area (Å²) < 4.78 is 14.8. The van der Waals surface area contributed by atoms with Gasteiger partial charge in [-0.25, -0.2) is 4.39 Å². The van der Waals surface area contributed by atoms with E-state index in [2.05, 4.69) is 39.9 Å². The number of thioether (sulfide) groups is 1. The number of hydrogen-bond donors (Lipinski definition) is 1. The maximum absolute atomic E-state index is 14.0. The van der Waals surface area contributed by atoms with Gasteiger partial charge < -0.3 is 5.32 Å². The summed E-state index contributed by atoms with van der Waals surface area (Å²) in [4.78, 5) is 0. The average molecular weight is 360 g/mol. The summed E-state index contributed by atoms with van der Waals surface area (Å²) in [6, 6.07) is 5.79. The second kappa shape index (κ2) is 8.40. The predicted octanol–water partition coefficient (Wildman–Crippen LogP) is 4.64. The van der Waals surface area contributed by atoms with E-state index in [1.807, 2.05) is 12.1 Å². The first-order valence-electron chi connectivity index (χ1n) is 7.44. The van der Waals surface area contributed by atoms with Gasteiger partial charge in [0.05, 0.1) is 0 Å². The van der Waals surface area contributed by atoms with Crippen molar-refractivity contribution >= 4 is 27.7 Å². The molecule has 1 nitrogen and oxygen atoms in total. The van der Waals surface area contributed by atoms with Gasteiger partial charge in [-0.05, 0) is 67.3 Å². The Labute approximate surface area is 134 Å². The molecule has 1 N–H and O–H groups in total. The molecule has 0 radical (unpaired) electrons. The van der Waals surface area contributed by atoms with Crippen LogP contribution >= 0.6 is 27.7 Å². The quantitative estimate of drug-likeness (QED) is 0.793. The fourth-order valence-corrected chi connectivity index (χ4v) is 4.40. The Balaban J connectivity index is 1.96. The van der Waals surface area contributed by atoms with Crippen LogP contribution in [0.4, 0.5) is 4.39 Å². The van der Waals surface area contributed by atoms with E-state index in [4.69, 9.17) is 0 Å². The third kappa shape index (κ3) is 5.05. The molecular weight excluding hydrogens is 337 g/mol. The van der Waals surface area contributed by atoms with Crippen LogP contribution in [0.5, 0.6) is 0 Å². The minimum atomic E-state index is -0.0959. The molecule has 112 valence electrons. The monoisotopic (exact) mass is 359 g/mol. The zero-order valence-electron chi connectivity index (χ0n) is 12.0. The van der Waals surface area contributed by atoms with Crippen molar-refractivity contribution in [2.24, 2.45) is 5.92 Å². The van der Waals surface area contributed by atoms with E-state index in [0.717, 1.165) is 28.9 Å². The van der Waals surface area contributed by atoms with Crippen molar-refractivity contribution in [1.82, 2.24) is 5.32 Å². The predicted molar refractivity (Wildman–Crippen MR) is 89.9 cm³/mol. The first-order valence-corrected chi connectivity index (χ1v) is 9.39. The first-order chi connectivity index (χ1) is 9.69. The Hall–Kier alpha value is -0.0600. The molecule has 1 aliphatic heterocycles. The van der Waals surface area contributed by atoms with Crippen molar-refractivity contribution in [2.45, 2.75) is 38.6 Å². The summed E-state index contributed by atoms with van der Waals surface area (Å²) in [5.74, 6) is 3.28. The molecule has 20 heavy (non-hydrogen) atoms. The van der Waals surface area contributed by atoms with Crippen molar-refractivity contribution in [3.63, 3.8) is 0 Å². The highest BCUT2D eigenvalue weighted by Crippen LogP contribution is 2.27. The number of likely N-dealkylation sites (N-methyl/N-ethyl adjacent to an activating group) is 1. The lowest BCUT2D eigenvalue weighted by molar-refractivity contribution is 0.364. The Morgan fingerprint density at radius 3 is 2.80 bits per heavy atom. The van der Waals surface area contributed by atoms with Gasteiger partial charge in [0.25, 0.3) is 0 Å². The standard InChI is InChI=1S/C16H23BrFNS/c1-2-19-15(9-12-5-7-20-8-6-12)10-13-3-4-14(17)11-16(13)18/h3-4,11-12,15,19H,2,5-10H2,1H3. The molecule has 1 saturated heterocycles. The van der Waals surface area contributed by atoms with Crippen LogP contribution in [-0.4, -0.2) is 24.1 Å². The highest BCUT2D eigenvalue weighted by Gasteiger charge is 2.20. The zero-order chi connectivity index (χ0) is 14.4. The van der Waals surface area contributed by atoms with Gasteiger partial charge in [0.2, 0.25) is 0 Å². The Morgan fingerprint density at radius 1 is 1.40 bits per heavy atom. The van der Waals surface area contributed by atoms with Crippen LogP contribution in [0.25, 0.3) is 0 Å². The molecule has 0 spiro atoms. The molecule has 1 fully saturated rings. The molecule has 1 unspecified atom stereocenters. The van der Waals surface area contributed by atoms with Crippen molar-refractivity contribution in [3.05, 3.63) is 34.1 Å². The molecule has 0 aromatic heterocycles. The molecule has 1 heterocycles. The largest absolute Gasteiger partial charge is 0.314 e. The van der Waals surface area contributed by atoms with Crippen molar-refractivity contribution in [3.8, 4) is 0 Å². The molecule has 1 aromatic rings. The third-order valence-electron chi connectivity index (χ3n) is 3.93. The lowest BCUT2D eigenvalue weighted by Gasteiger charge is -2.27. The molecule has 4 heteroatoms. The highest BCUT2D eigenvalue weighted by atomic mass is 79.9. The van der Waals surface area contributed by atoms with Crippen LogP contribution in [0.1, 0.15) is 31.7 Å². The molecule has 1 aliphatic rings. The van der Waals surface area contributed by atoms with Gasteiger partial charge in [0.1, 0.15) is 5.82 Å². The van der Waals surface area contributed by atoms with Gasteiger partial charge in [-0.2, -0.15) is 11.8 Å². The van der Waals surface area contributed by atoms with Gasteiger partial charge >= 0.3 is 0 Å². The third-order valence-corrected chi connectivity index (χ3v) is 5.47. The number of rotatable bonds is 6. The highest BCUT2D eigenvalue weighted by molar-refractivity contribution is 9.10. The van der Waals surface area contributed by atoms with Crippen LogP contribution in [0, 0.1) is 11.7 Å². The van der Waals surface area contributed by atoms with Crippen LogP contribution in [0.15, 0.2) is 22.7 Å². The van der Waals surface area contributed by atoms with Gasteiger partial charge in [-0.15, -0.1) is 0 Å². The second-order valence-electron chi connectivity index (χ2n) is 5.49. The molecular formula is C16H23BrFNS. The Morgan fingerprint density at radius 2 is 2.15 bits per heavy atom. The maximum Gasteiger partial charge on any atom is 0.127 e. The van der Waals surface area contributed by atoms with E-state index in [-0.39, 0.29) is 5.82 Å². The summed E-state index contributed by atoms with van der Waals surface area (Å²) in [6.07, 6.45) is 4.59. The molecule has 1 atom stereocenters. The van der Waals surface area contributed by atoms with Crippen LogP contribution in [0.2, 0.25) is 0 Å². The van der Waals surface area contributed by atoms with Crippen LogP contribution in [0.3, 0.4) is 0 Å². The van der Waals surface area contributed by atoms with Crippen molar-refractivity contribution in [2.75, 3.05) is 18.1 Å². The second-order valence-corrected chi connectivity index (χ2v) is 7.63. The molecule has 0 aliphatic carbocycles. The van der Waals surface area contributed by atoms with Crippen molar-refractivity contribution < 1.29 is 4.39 Å². The molecule has 1 aromatic carbocycles. The molecule has 0 saturated carbocycles. The Bertz CT molecular complexity index is 421. The maximum atomic E-state index is 14.0. The fraction of sp³-hybridized carbons (Fsp3) is 0.625. The van der Waals surface area contributed by atoms with Crippen LogP contribution < -0.4 is 5.32 Å². The van der Waals surface area contributed by atoms with E-state index in [1.54, 1.807) is 6.07 Å². The van der Waals surface area contributed by atoms with E-state index < -0.39 is 0 Å². The normalized spacial score (nSPS) is 18.1. The minimum absolute atomic E-state index is 0.0959. The lowest BCUT2D eigenvalue weighted by atomic mass is 9.91. The zero-order valence-corrected chi connectivity index (χ0v) is 14.4. The van der Waals surface area contributed by atoms with E-state index in [0.29, 0.717) is 6.04 Å². The smallest absolute Gasteiger partial charge is 0.127 e. The summed E-state index contributed by atoms with van der Waals surface area (Å²) in [7, 11) is 0. The number of benzene rings is 1. The van der Waals surface area contributed by atoms with Gasteiger partial charge in [0.15, 0.2) is 0 Å². The van der Waals surface area contributed by atoms with E-state index in [9.17, 15) is 4.39 Å². The summed E-state index contributed by atoms with van der Waals surface area (Å²) >= 11 is 5.38. The minimum Gasteiger partial charge on any atom is -0.314 e. The molecule has 0 amide bonds. The Kier molecular flexibility index (Phi) is 6.85. The van der Waals surface area contributed by atoms with Gasteiger partial charge in [-0.1, -0.05) is 28.9 Å². The molecule has 0 bridgehead atoms. The first kappa shape index (κ1) is 16.3. The topological polar surface area (TPSA) is 12.0 Å². The lowest BCUT2D eigenvalue weighted by Crippen LogP contribution is -2.34. The number of nitrogens with one attached hydrogen (secondary N) is 1. The van der Waals surface area contributed by atoms with Gasteiger partial charge in [-0.3, -0.25) is 0 Å². The van der Waals surface area contributed by atoms with E-state index in [1.165, 1.54) is 30.8 Å². The van der Waals surface area contributed by atoms with Gasteiger partial charge in [0, 0.05) is 10.5 Å². The number of hydrogen-bond acceptors (Lipinski definition) is 2.